The smallest absolute Gasteiger partial charge is 0.408 e. The monoisotopic (exact) mass is 476 g/mol. The molecule has 9 nitrogen and oxygen atoms in total. The SMILES string of the molecule is CC1CC[C@@H]2CCNCC(NC(=O)OC(C)(C)C)C(=O)N12.NC=O.c1ccc2c(c1)CCCO2. The number of rotatable bonds is 1. The van der Waals surface area contributed by atoms with Crippen LogP contribution >= 0.6 is 0 Å². The lowest BCUT2D eigenvalue weighted by Gasteiger charge is -2.35. The number of primary amides is 1. The molecule has 0 bridgehead atoms. The summed E-state index contributed by atoms with van der Waals surface area (Å²) in [6.07, 6.45) is 5.12. The van der Waals surface area contributed by atoms with E-state index in [1.165, 1.54) is 12.0 Å². The van der Waals surface area contributed by atoms with Gasteiger partial charge in [0.2, 0.25) is 12.3 Å². The molecule has 4 rings (SSSR count). The Bertz CT molecular complexity index is 786. The Morgan fingerprint density at radius 2 is 1.97 bits per heavy atom. The fourth-order valence-electron chi connectivity index (χ4n) is 4.39. The fourth-order valence-corrected chi connectivity index (χ4v) is 4.39. The molecule has 3 aliphatic heterocycles. The highest BCUT2D eigenvalue weighted by molar-refractivity contribution is 5.86. The summed E-state index contributed by atoms with van der Waals surface area (Å²) >= 11 is 0. The molecule has 2 unspecified atom stereocenters. The van der Waals surface area contributed by atoms with E-state index in [0.29, 0.717) is 12.6 Å². The minimum atomic E-state index is -0.564. The van der Waals surface area contributed by atoms with Crippen LogP contribution in [0.4, 0.5) is 4.79 Å². The third-order valence-corrected chi connectivity index (χ3v) is 5.85. The summed E-state index contributed by atoms with van der Waals surface area (Å²) in [4.78, 5) is 35.2. The highest BCUT2D eigenvalue weighted by Gasteiger charge is 2.39. The first-order valence-electron chi connectivity index (χ1n) is 12.0. The Morgan fingerprint density at radius 1 is 1.26 bits per heavy atom. The number of para-hydroxylation sites is 1. The van der Waals surface area contributed by atoms with E-state index in [1.54, 1.807) is 0 Å². The molecule has 3 amide bonds. The van der Waals surface area contributed by atoms with Gasteiger partial charge < -0.3 is 30.7 Å². The van der Waals surface area contributed by atoms with Gasteiger partial charge in [0.1, 0.15) is 17.4 Å². The number of carbonyl (C=O) groups is 3. The van der Waals surface area contributed by atoms with Crippen molar-refractivity contribution >= 4 is 18.4 Å². The van der Waals surface area contributed by atoms with Crippen LogP contribution in [0.15, 0.2) is 24.3 Å². The van der Waals surface area contributed by atoms with Crippen LogP contribution in [-0.2, 0) is 20.7 Å². The molecule has 2 saturated heterocycles. The van der Waals surface area contributed by atoms with Gasteiger partial charge >= 0.3 is 6.09 Å². The molecule has 0 aromatic heterocycles. The maximum absolute atomic E-state index is 12.7. The summed E-state index contributed by atoms with van der Waals surface area (Å²) in [5.41, 5.74) is 4.96. The number of benzene rings is 1. The van der Waals surface area contributed by atoms with Crippen molar-refractivity contribution in [3.63, 3.8) is 0 Å². The molecule has 4 N–H and O–H groups in total. The van der Waals surface area contributed by atoms with Crippen LogP contribution in [0.1, 0.15) is 58.9 Å². The molecule has 1 aromatic carbocycles. The predicted molar refractivity (Wildman–Crippen MR) is 130 cm³/mol. The molecule has 3 atom stereocenters. The van der Waals surface area contributed by atoms with Crippen molar-refractivity contribution in [1.29, 1.82) is 0 Å². The molecule has 0 radical (unpaired) electrons. The number of hydrogen-bond donors (Lipinski definition) is 3. The van der Waals surface area contributed by atoms with Crippen LogP contribution in [0.5, 0.6) is 5.75 Å². The minimum Gasteiger partial charge on any atom is -0.493 e. The van der Waals surface area contributed by atoms with E-state index in [1.807, 2.05) is 37.8 Å². The number of aryl methyl sites for hydroxylation is 1. The first-order chi connectivity index (χ1) is 16.2. The second kappa shape index (κ2) is 13.2. The van der Waals surface area contributed by atoms with Crippen molar-refractivity contribution in [2.75, 3.05) is 19.7 Å². The van der Waals surface area contributed by atoms with Gasteiger partial charge in [0.15, 0.2) is 0 Å². The molecular weight excluding hydrogens is 436 g/mol. The first-order valence-corrected chi connectivity index (χ1v) is 12.0. The minimum absolute atomic E-state index is 0.00283. The Labute approximate surface area is 202 Å². The number of hydrogen-bond acceptors (Lipinski definition) is 6. The lowest BCUT2D eigenvalue weighted by Crippen LogP contribution is -2.58. The van der Waals surface area contributed by atoms with Gasteiger partial charge in [0, 0.05) is 18.6 Å². The van der Waals surface area contributed by atoms with Gasteiger partial charge in [-0.3, -0.25) is 9.59 Å². The summed E-state index contributed by atoms with van der Waals surface area (Å²) < 4.78 is 10.7. The molecule has 34 heavy (non-hydrogen) atoms. The normalized spacial score (nSPS) is 23.7. The fraction of sp³-hybridized carbons (Fsp3) is 0.640. The van der Waals surface area contributed by atoms with E-state index >= 15 is 0 Å². The average Bonchev–Trinajstić information content (AvgIpc) is 3.14. The molecule has 0 aliphatic carbocycles. The average molecular weight is 477 g/mol. The Morgan fingerprint density at radius 3 is 2.65 bits per heavy atom. The second-order valence-corrected chi connectivity index (χ2v) is 9.71. The lowest BCUT2D eigenvalue weighted by molar-refractivity contribution is -0.136. The van der Waals surface area contributed by atoms with Crippen molar-refractivity contribution < 1.29 is 23.9 Å². The maximum Gasteiger partial charge on any atom is 0.408 e. The predicted octanol–water partition coefficient (Wildman–Crippen LogP) is 2.37. The number of nitrogens with zero attached hydrogens (tertiary/aromatic N) is 1. The lowest BCUT2D eigenvalue weighted by atomic mass is 10.1. The van der Waals surface area contributed by atoms with Crippen LogP contribution in [-0.4, -0.2) is 66.7 Å². The van der Waals surface area contributed by atoms with E-state index in [-0.39, 0.29) is 18.4 Å². The highest BCUT2D eigenvalue weighted by Crippen LogP contribution is 2.27. The summed E-state index contributed by atoms with van der Waals surface area (Å²) in [6, 6.07) is 8.25. The molecule has 3 aliphatic rings. The van der Waals surface area contributed by atoms with Crippen molar-refractivity contribution in [1.82, 2.24) is 15.5 Å². The number of carbonyl (C=O) groups excluding carboxylic acids is 3. The zero-order valence-corrected chi connectivity index (χ0v) is 20.8. The van der Waals surface area contributed by atoms with E-state index < -0.39 is 17.7 Å². The van der Waals surface area contributed by atoms with Crippen molar-refractivity contribution in [3.8, 4) is 5.75 Å². The maximum atomic E-state index is 12.7. The third-order valence-electron chi connectivity index (χ3n) is 5.85. The van der Waals surface area contributed by atoms with Gasteiger partial charge in [0.05, 0.1) is 6.61 Å². The molecule has 1 aromatic rings. The zero-order chi connectivity index (χ0) is 25.1. The number of fused-ring (bicyclic) bond motifs is 2. The van der Waals surface area contributed by atoms with Crippen LogP contribution in [0.3, 0.4) is 0 Å². The summed E-state index contributed by atoms with van der Waals surface area (Å²) in [6.45, 7) is 9.71. The number of ether oxygens (including phenoxy) is 2. The number of alkyl carbamates (subject to hydrolysis) is 1. The number of nitrogens with one attached hydrogen (secondary N) is 2. The van der Waals surface area contributed by atoms with Crippen molar-refractivity contribution in [2.45, 2.75) is 83.5 Å². The third kappa shape index (κ3) is 8.52. The van der Waals surface area contributed by atoms with Crippen LogP contribution in [0, 0.1) is 0 Å². The van der Waals surface area contributed by atoms with E-state index in [0.717, 1.165) is 44.6 Å². The van der Waals surface area contributed by atoms with E-state index in [4.69, 9.17) is 14.3 Å². The van der Waals surface area contributed by atoms with Crippen LogP contribution in [0.25, 0.3) is 0 Å². The summed E-state index contributed by atoms with van der Waals surface area (Å²) in [5.74, 6) is 1.08. The van der Waals surface area contributed by atoms with E-state index in [2.05, 4.69) is 35.4 Å². The van der Waals surface area contributed by atoms with Gasteiger partial charge in [-0.25, -0.2) is 4.79 Å². The Hall–Kier alpha value is -2.81. The van der Waals surface area contributed by atoms with Gasteiger partial charge in [-0.15, -0.1) is 0 Å². The van der Waals surface area contributed by atoms with Crippen molar-refractivity contribution in [2.24, 2.45) is 5.73 Å². The molecule has 9 heteroatoms. The van der Waals surface area contributed by atoms with Gasteiger partial charge in [-0.2, -0.15) is 0 Å². The standard InChI is InChI=1S/C15H27N3O3.C9H10O.CH3NO/c1-10-5-6-11-7-8-16-9-12(13(19)18(10)11)17-14(20)21-15(2,3)4;1-2-6-9-8(4-1)5-3-7-10-9;2-1-3/h10-12,16H,5-9H2,1-4H3,(H,17,20);1-2,4,6H,3,5,7H2;1H,(H2,2,3)/t10?,11-,12?;;/m1../s1. The van der Waals surface area contributed by atoms with Crippen LogP contribution in [0.2, 0.25) is 0 Å². The van der Waals surface area contributed by atoms with Crippen LogP contribution < -0.4 is 21.1 Å². The number of nitrogens with two attached hydrogens (primary N) is 1. The Kier molecular flexibility index (Phi) is 10.6. The molecule has 0 saturated carbocycles. The highest BCUT2D eigenvalue weighted by atomic mass is 16.6. The first kappa shape index (κ1) is 27.4. The second-order valence-electron chi connectivity index (χ2n) is 9.71. The molecular formula is C25H40N4O5. The summed E-state index contributed by atoms with van der Waals surface area (Å²) in [7, 11) is 0. The topological polar surface area (TPSA) is 123 Å². The van der Waals surface area contributed by atoms with E-state index in [9.17, 15) is 9.59 Å². The largest absolute Gasteiger partial charge is 0.493 e. The van der Waals surface area contributed by atoms with Gasteiger partial charge in [-0.1, -0.05) is 18.2 Å². The Balaban J connectivity index is 0.000000258. The molecule has 3 heterocycles. The van der Waals surface area contributed by atoms with Gasteiger partial charge in [0.25, 0.3) is 0 Å². The zero-order valence-electron chi connectivity index (χ0n) is 20.8. The quantitative estimate of drug-likeness (QED) is 0.535. The summed E-state index contributed by atoms with van der Waals surface area (Å²) in [5, 5.41) is 5.96. The molecule has 2 fully saturated rings. The van der Waals surface area contributed by atoms with Crippen molar-refractivity contribution in [3.05, 3.63) is 29.8 Å². The molecule has 0 spiro atoms. The molecule has 190 valence electrons. The van der Waals surface area contributed by atoms with Gasteiger partial charge in [-0.05, 0) is 78.0 Å². The number of amides is 3.